The first-order chi connectivity index (χ1) is 14.5. The lowest BCUT2D eigenvalue weighted by Gasteiger charge is -2.23. The first-order valence-corrected chi connectivity index (χ1v) is 10.3. The standard InChI is InChI=1S/C24H28N2O4/c1-4-29-21-13-11-18(17-22(21)30-5-2)12-14-23(27)25(3)20-15-16-26(24(20)28)19-9-7-6-8-10-19/h6-14,17,20H,4-5,15-16H2,1-3H3. The van der Waals surface area contributed by atoms with E-state index >= 15 is 0 Å². The first-order valence-electron chi connectivity index (χ1n) is 10.3. The first kappa shape index (κ1) is 21.4. The molecule has 6 heteroatoms. The van der Waals surface area contributed by atoms with E-state index in [2.05, 4.69) is 0 Å². The summed E-state index contributed by atoms with van der Waals surface area (Å²) in [7, 11) is 1.67. The van der Waals surface area contributed by atoms with Gasteiger partial charge in [0.1, 0.15) is 6.04 Å². The summed E-state index contributed by atoms with van der Waals surface area (Å²) in [6, 6.07) is 14.6. The number of amides is 2. The fourth-order valence-corrected chi connectivity index (χ4v) is 3.50. The molecule has 0 bridgehead atoms. The maximum absolute atomic E-state index is 12.8. The molecule has 158 valence electrons. The number of rotatable bonds is 8. The molecule has 2 aromatic rings. The van der Waals surface area contributed by atoms with Gasteiger partial charge in [0, 0.05) is 25.4 Å². The third kappa shape index (κ3) is 4.82. The van der Waals surface area contributed by atoms with Crippen LogP contribution in [0.2, 0.25) is 0 Å². The monoisotopic (exact) mass is 408 g/mol. The van der Waals surface area contributed by atoms with Gasteiger partial charge in [-0.2, -0.15) is 0 Å². The normalized spacial score (nSPS) is 16.2. The summed E-state index contributed by atoms with van der Waals surface area (Å²) in [5.41, 5.74) is 1.69. The van der Waals surface area contributed by atoms with Crippen LogP contribution in [0.1, 0.15) is 25.8 Å². The maximum Gasteiger partial charge on any atom is 0.249 e. The van der Waals surface area contributed by atoms with Crippen molar-refractivity contribution in [3.8, 4) is 11.5 Å². The number of nitrogens with zero attached hydrogens (tertiary/aromatic N) is 2. The van der Waals surface area contributed by atoms with E-state index in [4.69, 9.17) is 9.47 Å². The summed E-state index contributed by atoms with van der Waals surface area (Å²) in [5.74, 6) is 1.06. The topological polar surface area (TPSA) is 59.1 Å². The van der Waals surface area contributed by atoms with Crippen molar-refractivity contribution in [3.05, 3.63) is 60.2 Å². The van der Waals surface area contributed by atoms with Crippen LogP contribution < -0.4 is 14.4 Å². The molecule has 0 saturated carbocycles. The van der Waals surface area contributed by atoms with Crippen molar-refractivity contribution in [1.82, 2.24) is 4.90 Å². The smallest absolute Gasteiger partial charge is 0.249 e. The quantitative estimate of drug-likeness (QED) is 0.624. The van der Waals surface area contributed by atoms with Gasteiger partial charge < -0.3 is 19.3 Å². The molecule has 1 saturated heterocycles. The molecule has 1 aliphatic heterocycles. The minimum Gasteiger partial charge on any atom is -0.490 e. The Labute approximate surface area is 177 Å². The molecule has 30 heavy (non-hydrogen) atoms. The molecule has 2 amide bonds. The van der Waals surface area contributed by atoms with Gasteiger partial charge in [0.2, 0.25) is 11.8 Å². The van der Waals surface area contributed by atoms with Crippen molar-refractivity contribution in [2.24, 2.45) is 0 Å². The fraction of sp³-hybridized carbons (Fsp3) is 0.333. The molecule has 1 fully saturated rings. The van der Waals surface area contributed by atoms with E-state index in [1.807, 2.05) is 62.4 Å². The zero-order valence-corrected chi connectivity index (χ0v) is 17.7. The van der Waals surface area contributed by atoms with Crippen LogP contribution in [0.25, 0.3) is 6.08 Å². The molecule has 0 spiro atoms. The van der Waals surface area contributed by atoms with Crippen molar-refractivity contribution in [2.45, 2.75) is 26.3 Å². The third-order valence-corrected chi connectivity index (χ3v) is 5.05. The number of likely N-dealkylation sites (N-methyl/N-ethyl adjacent to an activating group) is 1. The second kappa shape index (κ2) is 9.96. The summed E-state index contributed by atoms with van der Waals surface area (Å²) in [6.45, 7) is 5.51. The van der Waals surface area contributed by atoms with E-state index in [1.165, 1.54) is 11.0 Å². The van der Waals surface area contributed by atoms with E-state index in [1.54, 1.807) is 18.0 Å². The Bertz CT molecular complexity index is 911. The molecule has 1 unspecified atom stereocenters. The summed E-state index contributed by atoms with van der Waals surface area (Å²) in [4.78, 5) is 28.8. The van der Waals surface area contributed by atoms with Crippen LogP contribution in [-0.4, -0.2) is 49.6 Å². The molecule has 0 aromatic heterocycles. The molecular weight excluding hydrogens is 380 g/mol. The van der Waals surface area contributed by atoms with Crippen molar-refractivity contribution in [3.63, 3.8) is 0 Å². The van der Waals surface area contributed by atoms with E-state index in [0.29, 0.717) is 37.7 Å². The van der Waals surface area contributed by atoms with E-state index in [-0.39, 0.29) is 11.8 Å². The molecule has 2 aromatic carbocycles. The summed E-state index contributed by atoms with van der Waals surface area (Å²) in [6.07, 6.45) is 3.83. The van der Waals surface area contributed by atoms with Crippen molar-refractivity contribution in [2.75, 3.05) is 31.7 Å². The lowest BCUT2D eigenvalue weighted by Crippen LogP contribution is -2.42. The van der Waals surface area contributed by atoms with Crippen molar-refractivity contribution < 1.29 is 19.1 Å². The molecule has 0 aliphatic carbocycles. The van der Waals surface area contributed by atoms with E-state index in [0.717, 1.165) is 11.3 Å². The number of hydrogen-bond donors (Lipinski definition) is 0. The maximum atomic E-state index is 12.8. The Morgan fingerprint density at radius 1 is 1.10 bits per heavy atom. The second-order valence-corrected chi connectivity index (χ2v) is 6.98. The van der Waals surface area contributed by atoms with Crippen LogP contribution in [0, 0.1) is 0 Å². The fourth-order valence-electron chi connectivity index (χ4n) is 3.50. The van der Waals surface area contributed by atoms with Gasteiger partial charge in [-0.1, -0.05) is 24.3 Å². The van der Waals surface area contributed by atoms with Gasteiger partial charge in [0.15, 0.2) is 11.5 Å². The molecule has 0 radical (unpaired) electrons. The predicted octanol–water partition coefficient (Wildman–Crippen LogP) is 3.76. The van der Waals surface area contributed by atoms with Crippen LogP contribution in [0.5, 0.6) is 11.5 Å². The van der Waals surface area contributed by atoms with Gasteiger partial charge in [-0.05, 0) is 56.2 Å². The van der Waals surface area contributed by atoms with Gasteiger partial charge in [0.05, 0.1) is 13.2 Å². The summed E-state index contributed by atoms with van der Waals surface area (Å²) in [5, 5.41) is 0. The number of carbonyl (C=O) groups excluding carboxylic acids is 2. The minimum atomic E-state index is -0.457. The van der Waals surface area contributed by atoms with Gasteiger partial charge >= 0.3 is 0 Å². The average Bonchev–Trinajstić information content (AvgIpc) is 3.15. The number of hydrogen-bond acceptors (Lipinski definition) is 4. The number of carbonyl (C=O) groups is 2. The SMILES string of the molecule is CCOc1ccc(C=CC(=O)N(C)C2CCN(c3ccccc3)C2=O)cc1OCC. The highest BCUT2D eigenvalue weighted by Gasteiger charge is 2.36. The lowest BCUT2D eigenvalue weighted by atomic mass is 10.1. The predicted molar refractivity (Wildman–Crippen MR) is 118 cm³/mol. The van der Waals surface area contributed by atoms with Crippen LogP contribution >= 0.6 is 0 Å². The highest BCUT2D eigenvalue weighted by atomic mass is 16.5. The molecule has 6 nitrogen and oxygen atoms in total. The summed E-state index contributed by atoms with van der Waals surface area (Å²) >= 11 is 0. The molecular formula is C24H28N2O4. The molecule has 1 aliphatic rings. The molecule has 1 atom stereocenters. The van der Waals surface area contributed by atoms with Gasteiger partial charge in [-0.25, -0.2) is 0 Å². The van der Waals surface area contributed by atoms with Crippen molar-refractivity contribution in [1.29, 1.82) is 0 Å². The molecule has 3 rings (SSSR count). The van der Waals surface area contributed by atoms with E-state index in [9.17, 15) is 9.59 Å². The van der Waals surface area contributed by atoms with Gasteiger partial charge in [-0.15, -0.1) is 0 Å². The Balaban J connectivity index is 1.67. The van der Waals surface area contributed by atoms with E-state index < -0.39 is 6.04 Å². The van der Waals surface area contributed by atoms with Crippen LogP contribution in [-0.2, 0) is 9.59 Å². The Kier molecular flexibility index (Phi) is 7.12. The highest BCUT2D eigenvalue weighted by Crippen LogP contribution is 2.29. The molecule has 1 heterocycles. The number of ether oxygens (including phenoxy) is 2. The van der Waals surface area contributed by atoms with Crippen molar-refractivity contribution >= 4 is 23.6 Å². The number of para-hydroxylation sites is 1. The van der Waals surface area contributed by atoms with Gasteiger partial charge in [-0.3, -0.25) is 9.59 Å². The third-order valence-electron chi connectivity index (χ3n) is 5.05. The Hall–Kier alpha value is -3.28. The largest absolute Gasteiger partial charge is 0.490 e. The lowest BCUT2D eigenvalue weighted by molar-refractivity contribution is -0.132. The minimum absolute atomic E-state index is 0.0508. The number of benzene rings is 2. The summed E-state index contributed by atoms with van der Waals surface area (Å²) < 4.78 is 11.2. The van der Waals surface area contributed by atoms with Crippen LogP contribution in [0.3, 0.4) is 0 Å². The van der Waals surface area contributed by atoms with Crippen LogP contribution in [0.15, 0.2) is 54.6 Å². The molecule has 0 N–H and O–H groups in total. The second-order valence-electron chi connectivity index (χ2n) is 6.98. The van der Waals surface area contributed by atoms with Gasteiger partial charge in [0.25, 0.3) is 0 Å². The van der Waals surface area contributed by atoms with Crippen LogP contribution in [0.4, 0.5) is 5.69 Å². The Morgan fingerprint density at radius 2 is 1.80 bits per heavy atom. The zero-order valence-electron chi connectivity index (χ0n) is 17.7. The zero-order chi connectivity index (χ0) is 21.5. The number of anilines is 1. The average molecular weight is 408 g/mol. The Morgan fingerprint density at radius 3 is 2.50 bits per heavy atom. The highest BCUT2D eigenvalue weighted by molar-refractivity contribution is 6.03.